The zero-order valence-electron chi connectivity index (χ0n) is 20.5. The first-order valence-electron chi connectivity index (χ1n) is 11.4. The van der Waals surface area contributed by atoms with Crippen molar-refractivity contribution < 1.29 is 23.9 Å². The molecule has 1 fully saturated rings. The van der Waals surface area contributed by atoms with E-state index in [1.807, 2.05) is 38.1 Å². The van der Waals surface area contributed by atoms with Crippen LogP contribution in [0.4, 0.5) is 11.4 Å². The summed E-state index contributed by atoms with van der Waals surface area (Å²) in [5, 5.41) is 5.41. The average Bonchev–Trinajstić information content (AvgIpc) is 2.88. The molecular formula is C28H25N3O5S. The monoisotopic (exact) mass is 515 g/mol. The van der Waals surface area contributed by atoms with Crippen LogP contribution in [0, 0.1) is 13.8 Å². The van der Waals surface area contributed by atoms with Gasteiger partial charge in [0.25, 0.3) is 17.7 Å². The molecule has 37 heavy (non-hydrogen) atoms. The Labute approximate surface area is 219 Å². The van der Waals surface area contributed by atoms with E-state index in [0.29, 0.717) is 22.7 Å². The molecule has 2 N–H and O–H groups in total. The molecule has 0 atom stereocenters. The number of nitrogens with one attached hydrogen (secondary N) is 2. The van der Waals surface area contributed by atoms with E-state index in [-0.39, 0.29) is 23.2 Å². The van der Waals surface area contributed by atoms with E-state index in [9.17, 15) is 14.4 Å². The molecule has 1 saturated heterocycles. The van der Waals surface area contributed by atoms with Crippen LogP contribution in [-0.2, 0) is 14.4 Å². The van der Waals surface area contributed by atoms with Crippen LogP contribution in [0.3, 0.4) is 0 Å². The molecule has 0 unspecified atom stereocenters. The minimum Gasteiger partial charge on any atom is -0.493 e. The molecule has 1 heterocycles. The Morgan fingerprint density at radius 3 is 2.51 bits per heavy atom. The van der Waals surface area contributed by atoms with Gasteiger partial charge >= 0.3 is 0 Å². The molecule has 0 saturated carbocycles. The highest BCUT2D eigenvalue weighted by Crippen LogP contribution is 2.30. The highest BCUT2D eigenvalue weighted by atomic mass is 32.1. The quantitative estimate of drug-likeness (QED) is 0.279. The fourth-order valence-corrected chi connectivity index (χ4v) is 4.01. The van der Waals surface area contributed by atoms with Gasteiger partial charge in [-0.05, 0) is 79.2 Å². The summed E-state index contributed by atoms with van der Waals surface area (Å²) in [6.45, 7) is 3.63. The number of rotatable bonds is 7. The van der Waals surface area contributed by atoms with Crippen LogP contribution in [0.15, 0.2) is 72.3 Å². The van der Waals surface area contributed by atoms with Gasteiger partial charge in [-0.15, -0.1) is 0 Å². The first-order valence-corrected chi connectivity index (χ1v) is 11.8. The van der Waals surface area contributed by atoms with Crippen molar-refractivity contribution in [3.05, 3.63) is 89.0 Å². The van der Waals surface area contributed by atoms with Gasteiger partial charge in [0.05, 0.1) is 12.8 Å². The van der Waals surface area contributed by atoms with Crippen molar-refractivity contribution in [2.75, 3.05) is 23.9 Å². The zero-order chi connectivity index (χ0) is 26.5. The van der Waals surface area contributed by atoms with Crippen LogP contribution in [0.5, 0.6) is 11.5 Å². The van der Waals surface area contributed by atoms with E-state index in [1.54, 1.807) is 42.5 Å². The topological polar surface area (TPSA) is 97.0 Å². The number of benzene rings is 3. The predicted molar refractivity (Wildman–Crippen MR) is 146 cm³/mol. The van der Waals surface area contributed by atoms with Crippen LogP contribution in [0.1, 0.15) is 16.7 Å². The van der Waals surface area contributed by atoms with E-state index in [2.05, 4.69) is 10.6 Å². The number of anilines is 2. The molecule has 1 aliphatic rings. The summed E-state index contributed by atoms with van der Waals surface area (Å²) >= 11 is 5.22. The molecular weight excluding hydrogens is 490 g/mol. The predicted octanol–water partition coefficient (Wildman–Crippen LogP) is 4.16. The molecule has 8 nitrogen and oxygen atoms in total. The van der Waals surface area contributed by atoms with Crippen molar-refractivity contribution in [3.8, 4) is 11.5 Å². The molecule has 0 radical (unpaired) electrons. The van der Waals surface area contributed by atoms with Gasteiger partial charge in [-0.2, -0.15) is 0 Å². The Kier molecular flexibility index (Phi) is 7.64. The minimum absolute atomic E-state index is 0.0128. The number of thiocarbonyl (C=S) groups is 1. The third kappa shape index (κ3) is 5.84. The molecule has 0 bridgehead atoms. The third-order valence-corrected chi connectivity index (χ3v) is 5.93. The van der Waals surface area contributed by atoms with Crippen molar-refractivity contribution in [3.63, 3.8) is 0 Å². The van der Waals surface area contributed by atoms with Crippen molar-refractivity contribution in [2.24, 2.45) is 0 Å². The van der Waals surface area contributed by atoms with Gasteiger partial charge in [-0.3, -0.25) is 24.6 Å². The normalized spacial score (nSPS) is 14.4. The number of para-hydroxylation sites is 1. The molecule has 3 amide bonds. The lowest BCUT2D eigenvalue weighted by molar-refractivity contribution is -0.122. The first-order chi connectivity index (χ1) is 17.8. The Hall–Kier alpha value is -4.50. The maximum absolute atomic E-state index is 13.2. The summed E-state index contributed by atoms with van der Waals surface area (Å²) in [6, 6.07) is 19.5. The fraction of sp³-hybridized carbons (Fsp3) is 0.143. The second-order valence-corrected chi connectivity index (χ2v) is 8.75. The summed E-state index contributed by atoms with van der Waals surface area (Å²) in [5.74, 6) is -0.768. The number of methoxy groups -OCH3 is 1. The van der Waals surface area contributed by atoms with Gasteiger partial charge in [0.1, 0.15) is 5.57 Å². The lowest BCUT2D eigenvalue weighted by Gasteiger charge is -2.28. The SMILES string of the molecule is COc1cc(/C=C2/C(=O)NC(=S)N(c3ccccc3)C2=O)ccc1OCC(=O)Nc1cc(C)ccc1C. The molecule has 4 rings (SSSR count). The minimum atomic E-state index is -0.593. The lowest BCUT2D eigenvalue weighted by Crippen LogP contribution is -2.54. The Balaban J connectivity index is 1.50. The van der Waals surface area contributed by atoms with Crippen LogP contribution < -0.4 is 25.0 Å². The Morgan fingerprint density at radius 2 is 1.78 bits per heavy atom. The van der Waals surface area contributed by atoms with Gasteiger partial charge in [0.2, 0.25) is 0 Å². The zero-order valence-corrected chi connectivity index (χ0v) is 21.3. The number of hydrogen-bond donors (Lipinski definition) is 2. The number of carbonyl (C=O) groups excluding carboxylic acids is 3. The molecule has 3 aromatic rings. The van der Waals surface area contributed by atoms with Crippen molar-refractivity contribution in [1.29, 1.82) is 0 Å². The van der Waals surface area contributed by atoms with Crippen molar-refractivity contribution in [2.45, 2.75) is 13.8 Å². The van der Waals surface area contributed by atoms with Gasteiger partial charge in [-0.1, -0.05) is 36.4 Å². The smallest absolute Gasteiger partial charge is 0.270 e. The van der Waals surface area contributed by atoms with Crippen molar-refractivity contribution >= 4 is 52.5 Å². The van der Waals surface area contributed by atoms with Crippen LogP contribution in [-0.4, -0.2) is 36.6 Å². The van der Waals surface area contributed by atoms with Gasteiger partial charge < -0.3 is 14.8 Å². The van der Waals surface area contributed by atoms with Gasteiger partial charge in [0, 0.05) is 5.69 Å². The molecule has 3 aromatic carbocycles. The van der Waals surface area contributed by atoms with Crippen molar-refractivity contribution in [1.82, 2.24) is 5.32 Å². The lowest BCUT2D eigenvalue weighted by atomic mass is 10.1. The summed E-state index contributed by atoms with van der Waals surface area (Å²) in [5.41, 5.74) is 3.70. The molecule has 0 aromatic heterocycles. The maximum atomic E-state index is 13.2. The van der Waals surface area contributed by atoms with Crippen LogP contribution in [0.25, 0.3) is 6.08 Å². The van der Waals surface area contributed by atoms with Gasteiger partial charge in [-0.25, -0.2) is 0 Å². The summed E-state index contributed by atoms with van der Waals surface area (Å²) in [7, 11) is 1.46. The molecule has 0 spiro atoms. The second kappa shape index (κ2) is 11.0. The highest BCUT2D eigenvalue weighted by molar-refractivity contribution is 7.80. The Bertz CT molecular complexity index is 1420. The first kappa shape index (κ1) is 25.6. The fourth-order valence-electron chi connectivity index (χ4n) is 3.73. The Morgan fingerprint density at radius 1 is 1.03 bits per heavy atom. The van der Waals surface area contributed by atoms with Gasteiger partial charge in [0.15, 0.2) is 23.2 Å². The largest absolute Gasteiger partial charge is 0.493 e. The molecule has 0 aliphatic carbocycles. The number of ether oxygens (including phenoxy) is 2. The van der Waals surface area contributed by atoms with E-state index in [4.69, 9.17) is 21.7 Å². The second-order valence-electron chi connectivity index (χ2n) is 8.36. The average molecular weight is 516 g/mol. The standard InChI is InChI=1S/C28H25N3O5S/c1-17-9-10-18(2)22(13-17)29-25(32)16-36-23-12-11-19(15-24(23)35-3)14-21-26(33)30-28(37)31(27(21)34)20-7-5-4-6-8-20/h4-15H,16H2,1-3H3,(H,29,32)(H,30,33,37)/b21-14-. The molecule has 1 aliphatic heterocycles. The van der Waals surface area contributed by atoms with E-state index in [0.717, 1.165) is 16.8 Å². The number of amides is 3. The summed E-state index contributed by atoms with van der Waals surface area (Å²) in [6.07, 6.45) is 1.45. The molecule has 188 valence electrons. The number of carbonyl (C=O) groups is 3. The van der Waals surface area contributed by atoms with Crippen LogP contribution >= 0.6 is 12.2 Å². The van der Waals surface area contributed by atoms with Crippen LogP contribution in [0.2, 0.25) is 0 Å². The van der Waals surface area contributed by atoms with E-state index in [1.165, 1.54) is 18.1 Å². The number of nitrogens with zero attached hydrogens (tertiary/aromatic N) is 1. The molecule has 9 heteroatoms. The number of hydrogen-bond acceptors (Lipinski definition) is 6. The summed E-state index contributed by atoms with van der Waals surface area (Å²) in [4.78, 5) is 39.4. The third-order valence-electron chi connectivity index (χ3n) is 5.64. The van der Waals surface area contributed by atoms with E-state index < -0.39 is 11.8 Å². The van der Waals surface area contributed by atoms with E-state index >= 15 is 0 Å². The highest BCUT2D eigenvalue weighted by Gasteiger charge is 2.34. The summed E-state index contributed by atoms with van der Waals surface area (Å²) < 4.78 is 11.1. The maximum Gasteiger partial charge on any atom is 0.270 e. The number of aryl methyl sites for hydroxylation is 2.